The third-order valence-corrected chi connectivity index (χ3v) is 7.37. The summed E-state index contributed by atoms with van der Waals surface area (Å²) in [5.41, 5.74) is 4.18. The summed E-state index contributed by atoms with van der Waals surface area (Å²) < 4.78 is 16.5. The van der Waals surface area contributed by atoms with Crippen LogP contribution in [-0.2, 0) is 6.54 Å². The second kappa shape index (κ2) is 10.7. The quantitative estimate of drug-likeness (QED) is 0.384. The number of aromatic nitrogens is 2. The maximum absolute atomic E-state index is 15.8. The fourth-order valence-corrected chi connectivity index (χ4v) is 5.36. The molecule has 2 N–H and O–H groups in total. The van der Waals surface area contributed by atoms with E-state index < -0.39 is 5.82 Å². The minimum atomic E-state index is -0.406. The molecule has 0 unspecified atom stereocenters. The van der Waals surface area contributed by atoms with E-state index in [1.54, 1.807) is 6.20 Å². The number of carbonyl (C=O) groups is 1. The van der Waals surface area contributed by atoms with Crippen LogP contribution in [-0.4, -0.2) is 65.6 Å². The number of benzene rings is 2. The van der Waals surface area contributed by atoms with Crippen LogP contribution < -0.4 is 10.6 Å². The summed E-state index contributed by atoms with van der Waals surface area (Å²) in [6.45, 7) is 7.45. The first kappa shape index (κ1) is 24.3. The second-order valence-electron chi connectivity index (χ2n) is 8.96. The number of likely N-dealkylation sites (N-methyl/N-ethyl adjacent to an activating group) is 1. The Balaban J connectivity index is 1.50. The van der Waals surface area contributed by atoms with E-state index in [-0.39, 0.29) is 11.5 Å². The molecule has 3 heterocycles. The van der Waals surface area contributed by atoms with E-state index in [2.05, 4.69) is 49.6 Å². The Morgan fingerprint density at radius 2 is 1.86 bits per heavy atom. The smallest absolute Gasteiger partial charge is 0.321 e. The normalized spacial score (nSPS) is 14.8. The molecular formula is C27H29FN6OS. The number of halogens is 1. The van der Waals surface area contributed by atoms with Crippen molar-refractivity contribution in [2.24, 2.45) is 0 Å². The number of urea groups is 1. The van der Waals surface area contributed by atoms with E-state index in [0.29, 0.717) is 21.9 Å². The van der Waals surface area contributed by atoms with Gasteiger partial charge in [-0.1, -0.05) is 41.7 Å². The van der Waals surface area contributed by atoms with Crippen LogP contribution >= 0.6 is 11.3 Å². The van der Waals surface area contributed by atoms with Gasteiger partial charge in [0.25, 0.3) is 0 Å². The molecule has 0 saturated carbocycles. The molecule has 4 aromatic rings. The molecule has 2 aromatic heterocycles. The maximum atomic E-state index is 15.8. The van der Waals surface area contributed by atoms with Gasteiger partial charge in [0.1, 0.15) is 5.52 Å². The van der Waals surface area contributed by atoms with Gasteiger partial charge in [0.05, 0.1) is 10.4 Å². The highest BCUT2D eigenvalue weighted by Gasteiger charge is 2.21. The molecule has 1 aliphatic heterocycles. The molecule has 0 bridgehead atoms. The van der Waals surface area contributed by atoms with Crippen molar-refractivity contribution in [1.82, 2.24) is 25.1 Å². The zero-order valence-electron chi connectivity index (χ0n) is 20.4. The third-order valence-electron chi connectivity index (χ3n) is 6.37. The van der Waals surface area contributed by atoms with E-state index >= 15 is 4.39 Å². The van der Waals surface area contributed by atoms with Crippen LogP contribution in [0.25, 0.3) is 32.6 Å². The molecule has 0 spiro atoms. The number of thiazole rings is 1. The lowest BCUT2D eigenvalue weighted by molar-refractivity contribution is 0.148. The molecule has 186 valence electrons. The van der Waals surface area contributed by atoms with Gasteiger partial charge in [-0.15, -0.1) is 0 Å². The number of fused-ring (bicyclic) bond motifs is 1. The summed E-state index contributed by atoms with van der Waals surface area (Å²) in [5.74, 6) is -0.406. The number of carbonyl (C=O) groups excluding carboxylic acids is 1. The van der Waals surface area contributed by atoms with E-state index in [9.17, 15) is 4.79 Å². The van der Waals surface area contributed by atoms with Gasteiger partial charge in [0.15, 0.2) is 10.9 Å². The topological polar surface area (TPSA) is 73.4 Å². The van der Waals surface area contributed by atoms with Crippen molar-refractivity contribution in [2.75, 3.05) is 45.1 Å². The van der Waals surface area contributed by atoms with Gasteiger partial charge in [-0.05, 0) is 43.3 Å². The van der Waals surface area contributed by atoms with Crippen molar-refractivity contribution in [1.29, 1.82) is 0 Å². The Kier molecular flexibility index (Phi) is 7.22. The van der Waals surface area contributed by atoms with Crippen molar-refractivity contribution in [3.05, 3.63) is 66.1 Å². The molecule has 9 heteroatoms. The van der Waals surface area contributed by atoms with Gasteiger partial charge in [0.2, 0.25) is 0 Å². The number of pyridine rings is 1. The number of nitrogens with zero attached hydrogens (tertiary/aromatic N) is 4. The van der Waals surface area contributed by atoms with E-state index in [1.165, 1.54) is 16.9 Å². The van der Waals surface area contributed by atoms with Crippen LogP contribution in [0.5, 0.6) is 0 Å². The summed E-state index contributed by atoms with van der Waals surface area (Å²) in [6, 6.07) is 15.2. The fourth-order valence-electron chi connectivity index (χ4n) is 4.38. The first-order valence-electron chi connectivity index (χ1n) is 12.1. The van der Waals surface area contributed by atoms with Crippen LogP contribution in [0.15, 0.2) is 54.7 Å². The number of piperazine rings is 1. The highest BCUT2D eigenvalue weighted by molar-refractivity contribution is 7.22. The first-order chi connectivity index (χ1) is 17.5. The average molecular weight is 505 g/mol. The highest BCUT2D eigenvalue weighted by Crippen LogP contribution is 2.40. The highest BCUT2D eigenvalue weighted by atomic mass is 32.1. The Hall–Kier alpha value is -3.40. The van der Waals surface area contributed by atoms with Crippen molar-refractivity contribution in [3.63, 3.8) is 0 Å². The lowest BCUT2D eigenvalue weighted by Crippen LogP contribution is -2.43. The van der Waals surface area contributed by atoms with Crippen molar-refractivity contribution >= 4 is 32.7 Å². The summed E-state index contributed by atoms with van der Waals surface area (Å²) in [6.07, 6.45) is 1.71. The van der Waals surface area contributed by atoms with Gasteiger partial charge >= 0.3 is 6.03 Å². The Morgan fingerprint density at radius 1 is 1.08 bits per heavy atom. The monoisotopic (exact) mass is 504 g/mol. The summed E-state index contributed by atoms with van der Waals surface area (Å²) in [4.78, 5) is 25.8. The summed E-state index contributed by atoms with van der Waals surface area (Å²) >= 11 is 1.24. The number of rotatable bonds is 6. The molecule has 0 atom stereocenters. The van der Waals surface area contributed by atoms with Gasteiger partial charge < -0.3 is 10.2 Å². The molecule has 0 radical (unpaired) electrons. The number of hydrogen-bond donors (Lipinski definition) is 2. The van der Waals surface area contributed by atoms with E-state index in [0.717, 1.165) is 49.5 Å². The molecular weight excluding hydrogens is 475 g/mol. The van der Waals surface area contributed by atoms with Crippen LogP contribution in [0.2, 0.25) is 0 Å². The summed E-state index contributed by atoms with van der Waals surface area (Å²) in [5, 5.41) is 5.73. The predicted molar refractivity (Wildman–Crippen MR) is 144 cm³/mol. The van der Waals surface area contributed by atoms with Crippen LogP contribution in [0.1, 0.15) is 12.5 Å². The van der Waals surface area contributed by atoms with Gasteiger partial charge in [-0.2, -0.15) is 0 Å². The third kappa shape index (κ3) is 5.23. The molecule has 36 heavy (non-hydrogen) atoms. The first-order valence-corrected chi connectivity index (χ1v) is 12.9. The van der Waals surface area contributed by atoms with Gasteiger partial charge in [-0.3, -0.25) is 15.2 Å². The second-order valence-corrected chi connectivity index (χ2v) is 9.96. The van der Waals surface area contributed by atoms with Gasteiger partial charge in [0, 0.05) is 56.6 Å². The number of nitrogens with one attached hydrogen (secondary N) is 2. The molecule has 1 saturated heterocycles. The average Bonchev–Trinajstić information content (AvgIpc) is 3.31. The van der Waals surface area contributed by atoms with Crippen LogP contribution in [0, 0.1) is 5.82 Å². The van der Waals surface area contributed by atoms with E-state index in [1.807, 2.05) is 43.3 Å². The molecule has 7 nitrogen and oxygen atoms in total. The number of anilines is 1. The largest absolute Gasteiger partial charge is 0.338 e. The van der Waals surface area contributed by atoms with Crippen LogP contribution in [0.4, 0.5) is 14.3 Å². The molecule has 5 rings (SSSR count). The zero-order chi connectivity index (χ0) is 25.1. The van der Waals surface area contributed by atoms with Gasteiger partial charge in [-0.25, -0.2) is 14.2 Å². The molecule has 1 aliphatic rings. The zero-order valence-corrected chi connectivity index (χ0v) is 21.2. The van der Waals surface area contributed by atoms with Crippen molar-refractivity contribution < 1.29 is 9.18 Å². The SMILES string of the molecule is CCNC(=O)Nc1nc2c(F)c(-c3ccc(CN4CCN(C)CC4)cc3)cc(-c3ccccn3)c2s1. The molecule has 2 amide bonds. The lowest BCUT2D eigenvalue weighted by atomic mass is 9.98. The predicted octanol–water partition coefficient (Wildman–Crippen LogP) is 5.05. The van der Waals surface area contributed by atoms with E-state index in [4.69, 9.17) is 0 Å². The minimum Gasteiger partial charge on any atom is -0.338 e. The van der Waals surface area contributed by atoms with Crippen LogP contribution in [0.3, 0.4) is 0 Å². The lowest BCUT2D eigenvalue weighted by Gasteiger charge is -2.32. The van der Waals surface area contributed by atoms with Crippen molar-refractivity contribution in [3.8, 4) is 22.4 Å². The summed E-state index contributed by atoms with van der Waals surface area (Å²) in [7, 11) is 2.15. The fraction of sp³-hybridized carbons (Fsp3) is 0.296. The Bertz CT molecular complexity index is 1350. The molecule has 1 fully saturated rings. The number of hydrogen-bond acceptors (Lipinski definition) is 6. The molecule has 0 aliphatic carbocycles. The standard InChI is InChI=1S/C27H29FN6OS/c1-3-29-26(35)32-27-31-24-23(28)20(16-21(25(24)36-27)22-6-4-5-11-30-22)19-9-7-18(8-10-19)17-34-14-12-33(2)13-15-34/h4-11,16H,3,12-15,17H2,1-2H3,(H2,29,31,32,35). The Labute approximate surface area is 214 Å². The maximum Gasteiger partial charge on any atom is 0.321 e. The molecule has 2 aromatic carbocycles. The Morgan fingerprint density at radius 3 is 2.56 bits per heavy atom. The van der Waals surface area contributed by atoms with Crippen molar-refractivity contribution in [2.45, 2.75) is 13.5 Å². The number of amides is 2. The minimum absolute atomic E-state index is 0.228.